The lowest BCUT2D eigenvalue weighted by Gasteiger charge is -2.15. The molecule has 1 unspecified atom stereocenters. The molecule has 68 valence electrons. The molecule has 1 amide bonds. The molecule has 0 aromatic heterocycles. The van der Waals surface area contributed by atoms with Crippen molar-refractivity contribution in [1.29, 1.82) is 0 Å². The highest BCUT2D eigenvalue weighted by Gasteiger charge is 2.35. The highest BCUT2D eigenvalue weighted by molar-refractivity contribution is 5.69. The largest absolute Gasteiger partial charge is 0.447 e. The molecule has 2 fully saturated rings. The summed E-state index contributed by atoms with van der Waals surface area (Å²) in [7, 11) is 0. The topological polar surface area (TPSA) is 47.6 Å². The van der Waals surface area contributed by atoms with Crippen LogP contribution in [0.5, 0.6) is 0 Å². The van der Waals surface area contributed by atoms with Crippen LogP contribution in [-0.4, -0.2) is 30.9 Å². The Hall–Kier alpha value is -0.770. The number of amides is 1. The predicted molar refractivity (Wildman–Crippen MR) is 41.8 cm³/mol. The van der Waals surface area contributed by atoms with E-state index in [1.165, 1.54) is 0 Å². The third-order valence-corrected chi connectivity index (χ3v) is 2.41. The Kier molecular flexibility index (Phi) is 1.92. The summed E-state index contributed by atoms with van der Waals surface area (Å²) < 4.78 is 10.4. The van der Waals surface area contributed by atoms with Gasteiger partial charge in [-0.3, -0.25) is 0 Å². The smallest absolute Gasteiger partial charge is 0.407 e. The first-order valence-corrected chi connectivity index (χ1v) is 4.34. The summed E-state index contributed by atoms with van der Waals surface area (Å²) in [4.78, 5) is 10.7. The van der Waals surface area contributed by atoms with E-state index in [2.05, 4.69) is 12.2 Å². The fraction of sp³-hybridized carbons (Fsp3) is 0.875. The summed E-state index contributed by atoms with van der Waals surface area (Å²) in [6.07, 6.45) is 2.27. The van der Waals surface area contributed by atoms with Gasteiger partial charge in [0, 0.05) is 0 Å². The molecule has 0 radical (unpaired) electrons. The van der Waals surface area contributed by atoms with Gasteiger partial charge in [-0.1, -0.05) is 0 Å². The summed E-state index contributed by atoms with van der Waals surface area (Å²) in [5.41, 5.74) is 0. The normalized spacial score (nSPS) is 41.1. The van der Waals surface area contributed by atoms with Gasteiger partial charge in [-0.25, -0.2) is 4.79 Å². The van der Waals surface area contributed by atoms with Crippen LogP contribution >= 0.6 is 0 Å². The van der Waals surface area contributed by atoms with E-state index < -0.39 is 0 Å². The molecule has 2 aliphatic rings. The quantitative estimate of drug-likeness (QED) is 0.630. The van der Waals surface area contributed by atoms with E-state index in [1.54, 1.807) is 0 Å². The van der Waals surface area contributed by atoms with Crippen LogP contribution < -0.4 is 5.32 Å². The third kappa shape index (κ3) is 1.39. The predicted octanol–water partition coefficient (Wildman–Crippen LogP) is 0.662. The van der Waals surface area contributed by atoms with Gasteiger partial charge in [0.25, 0.3) is 0 Å². The third-order valence-electron chi connectivity index (χ3n) is 2.41. The molecular weight excluding hydrogens is 158 g/mol. The standard InChI is InChI=1S/C8H13NO3/c1-5-2-3-7(12-5)6-4-11-8(10)9-6/h5-7H,2-4H2,1H3,(H,9,10)/t5?,6-,7+/m1/s1. The molecular formula is C8H13NO3. The maximum Gasteiger partial charge on any atom is 0.407 e. The number of rotatable bonds is 1. The van der Waals surface area contributed by atoms with Crippen molar-refractivity contribution >= 4 is 6.09 Å². The molecule has 2 aliphatic heterocycles. The number of carbonyl (C=O) groups excluding carboxylic acids is 1. The van der Waals surface area contributed by atoms with E-state index in [-0.39, 0.29) is 18.2 Å². The molecule has 2 saturated heterocycles. The number of alkyl carbamates (subject to hydrolysis) is 1. The van der Waals surface area contributed by atoms with Gasteiger partial charge in [0.1, 0.15) is 6.61 Å². The number of nitrogens with one attached hydrogen (secondary N) is 1. The fourth-order valence-corrected chi connectivity index (χ4v) is 1.73. The molecule has 0 spiro atoms. The molecule has 0 aromatic carbocycles. The minimum absolute atomic E-state index is 0.0717. The molecule has 0 aliphatic carbocycles. The lowest BCUT2D eigenvalue weighted by molar-refractivity contribution is 0.0337. The molecule has 2 heterocycles. The summed E-state index contributed by atoms with van der Waals surface area (Å²) in [6, 6.07) is 0.0717. The Labute approximate surface area is 71.2 Å². The Morgan fingerprint density at radius 3 is 2.83 bits per heavy atom. The van der Waals surface area contributed by atoms with Crippen molar-refractivity contribution < 1.29 is 14.3 Å². The number of hydrogen-bond acceptors (Lipinski definition) is 3. The number of ether oxygens (including phenoxy) is 2. The van der Waals surface area contributed by atoms with Gasteiger partial charge in [0.15, 0.2) is 0 Å². The van der Waals surface area contributed by atoms with Crippen molar-refractivity contribution in [2.45, 2.75) is 38.0 Å². The zero-order valence-electron chi connectivity index (χ0n) is 7.08. The number of cyclic esters (lactones) is 1. The van der Waals surface area contributed by atoms with E-state index in [0.29, 0.717) is 12.7 Å². The van der Waals surface area contributed by atoms with Gasteiger partial charge >= 0.3 is 6.09 Å². The lowest BCUT2D eigenvalue weighted by Crippen LogP contribution is -2.37. The van der Waals surface area contributed by atoms with Crippen molar-refractivity contribution in [3.8, 4) is 0 Å². The van der Waals surface area contributed by atoms with E-state index >= 15 is 0 Å². The monoisotopic (exact) mass is 171 g/mol. The van der Waals surface area contributed by atoms with E-state index in [0.717, 1.165) is 12.8 Å². The van der Waals surface area contributed by atoms with Crippen LogP contribution in [0.25, 0.3) is 0 Å². The summed E-state index contributed by atoms with van der Waals surface area (Å²) in [6.45, 7) is 2.51. The number of carbonyl (C=O) groups is 1. The van der Waals surface area contributed by atoms with Crippen LogP contribution in [0.4, 0.5) is 4.79 Å². The lowest BCUT2D eigenvalue weighted by atomic mass is 10.1. The second-order valence-electron chi connectivity index (χ2n) is 3.41. The van der Waals surface area contributed by atoms with Gasteiger partial charge in [-0.15, -0.1) is 0 Å². The molecule has 2 rings (SSSR count). The van der Waals surface area contributed by atoms with Gasteiger partial charge in [0.2, 0.25) is 0 Å². The highest BCUT2D eigenvalue weighted by atomic mass is 16.6. The zero-order chi connectivity index (χ0) is 8.55. The maximum absolute atomic E-state index is 10.7. The van der Waals surface area contributed by atoms with Crippen LogP contribution in [0.1, 0.15) is 19.8 Å². The minimum Gasteiger partial charge on any atom is -0.447 e. The van der Waals surface area contributed by atoms with Crippen molar-refractivity contribution in [1.82, 2.24) is 5.32 Å². The zero-order valence-corrected chi connectivity index (χ0v) is 7.08. The Balaban J connectivity index is 1.89. The van der Waals surface area contributed by atoms with Crippen LogP contribution in [0.15, 0.2) is 0 Å². The molecule has 1 N–H and O–H groups in total. The molecule has 4 heteroatoms. The second kappa shape index (κ2) is 2.94. The Morgan fingerprint density at radius 1 is 1.50 bits per heavy atom. The van der Waals surface area contributed by atoms with E-state index in [9.17, 15) is 4.79 Å². The maximum atomic E-state index is 10.7. The van der Waals surface area contributed by atoms with Gasteiger partial charge in [0.05, 0.1) is 18.2 Å². The first kappa shape index (κ1) is 7.86. The SMILES string of the molecule is CC1CC[C@@H]([C@H]2COC(=O)N2)O1. The molecule has 0 bridgehead atoms. The van der Waals surface area contributed by atoms with Crippen LogP contribution in [0.2, 0.25) is 0 Å². The summed E-state index contributed by atoms with van der Waals surface area (Å²) in [5, 5.41) is 2.73. The van der Waals surface area contributed by atoms with Crippen molar-refractivity contribution in [3.63, 3.8) is 0 Å². The Morgan fingerprint density at radius 2 is 2.33 bits per heavy atom. The summed E-state index contributed by atoms with van der Waals surface area (Å²) >= 11 is 0. The van der Waals surface area contributed by atoms with Gasteiger partial charge < -0.3 is 14.8 Å². The summed E-state index contributed by atoms with van der Waals surface area (Å²) in [5.74, 6) is 0. The van der Waals surface area contributed by atoms with Crippen LogP contribution in [0.3, 0.4) is 0 Å². The second-order valence-corrected chi connectivity index (χ2v) is 3.41. The van der Waals surface area contributed by atoms with Crippen molar-refractivity contribution in [2.75, 3.05) is 6.61 Å². The average Bonchev–Trinajstić information content (AvgIpc) is 2.58. The van der Waals surface area contributed by atoms with Crippen LogP contribution in [-0.2, 0) is 9.47 Å². The van der Waals surface area contributed by atoms with E-state index in [1.807, 2.05) is 0 Å². The molecule has 0 aromatic rings. The molecule has 0 saturated carbocycles. The first-order chi connectivity index (χ1) is 5.75. The van der Waals surface area contributed by atoms with E-state index in [4.69, 9.17) is 9.47 Å². The highest BCUT2D eigenvalue weighted by Crippen LogP contribution is 2.23. The molecule has 4 nitrogen and oxygen atoms in total. The van der Waals surface area contributed by atoms with Crippen molar-refractivity contribution in [3.05, 3.63) is 0 Å². The minimum atomic E-state index is -0.317. The van der Waals surface area contributed by atoms with Crippen LogP contribution in [0, 0.1) is 0 Å². The molecule has 12 heavy (non-hydrogen) atoms. The number of hydrogen-bond donors (Lipinski definition) is 1. The first-order valence-electron chi connectivity index (χ1n) is 4.34. The fourth-order valence-electron chi connectivity index (χ4n) is 1.73. The average molecular weight is 171 g/mol. The van der Waals surface area contributed by atoms with Gasteiger partial charge in [-0.2, -0.15) is 0 Å². The molecule has 3 atom stereocenters. The Bertz CT molecular complexity index is 195. The van der Waals surface area contributed by atoms with Crippen molar-refractivity contribution in [2.24, 2.45) is 0 Å². The van der Waals surface area contributed by atoms with Gasteiger partial charge in [-0.05, 0) is 19.8 Å².